The molecule has 0 fully saturated rings. The van der Waals surface area contributed by atoms with Gasteiger partial charge in [0.15, 0.2) is 0 Å². The van der Waals surface area contributed by atoms with Crippen molar-refractivity contribution >= 4 is 44.6 Å². The van der Waals surface area contributed by atoms with Crippen LogP contribution in [0.2, 0.25) is 10.0 Å². The highest BCUT2D eigenvalue weighted by atomic mass is 35.5. The number of rotatable bonds is 3. The Hall–Kier alpha value is -1.43. The van der Waals surface area contributed by atoms with E-state index in [2.05, 4.69) is 4.72 Å². The summed E-state index contributed by atoms with van der Waals surface area (Å²) < 4.78 is 27.3. The van der Waals surface area contributed by atoms with E-state index in [-0.39, 0.29) is 26.3 Å². The van der Waals surface area contributed by atoms with E-state index < -0.39 is 10.0 Å². The Balaban J connectivity index is 2.53. The minimum Gasteiger partial charge on any atom is -0.398 e. The highest BCUT2D eigenvalue weighted by Crippen LogP contribution is 2.33. The van der Waals surface area contributed by atoms with Gasteiger partial charge in [0.1, 0.15) is 4.90 Å². The van der Waals surface area contributed by atoms with Crippen molar-refractivity contribution in [1.82, 2.24) is 0 Å². The molecule has 0 saturated heterocycles. The van der Waals surface area contributed by atoms with Crippen molar-refractivity contribution in [3.8, 4) is 0 Å². The van der Waals surface area contributed by atoms with Gasteiger partial charge >= 0.3 is 0 Å². The molecule has 0 unspecified atom stereocenters. The van der Waals surface area contributed by atoms with Gasteiger partial charge in [-0.2, -0.15) is 0 Å². The number of hydrogen-bond donors (Lipinski definition) is 2. The lowest BCUT2D eigenvalue weighted by molar-refractivity contribution is 0.601. The highest BCUT2D eigenvalue weighted by molar-refractivity contribution is 7.93. The first kappa shape index (κ1) is 15.0. The van der Waals surface area contributed by atoms with Crippen molar-refractivity contribution < 1.29 is 8.42 Å². The Labute approximate surface area is 127 Å². The predicted octanol–water partition coefficient (Wildman–Crippen LogP) is 3.68. The Morgan fingerprint density at radius 3 is 2.15 bits per heavy atom. The fraction of sp³-hybridized carbons (Fsp3) is 0.0769. The summed E-state index contributed by atoms with van der Waals surface area (Å²) in [6, 6.07) is 9.60. The monoisotopic (exact) mass is 330 g/mol. The molecule has 106 valence electrons. The number of para-hydroxylation sites is 1. The van der Waals surface area contributed by atoms with Crippen LogP contribution in [0.4, 0.5) is 11.4 Å². The van der Waals surface area contributed by atoms with Crippen molar-refractivity contribution in [2.75, 3.05) is 10.5 Å². The normalized spacial score (nSPS) is 11.3. The van der Waals surface area contributed by atoms with Crippen LogP contribution in [0.1, 0.15) is 5.56 Å². The third kappa shape index (κ3) is 2.85. The van der Waals surface area contributed by atoms with E-state index in [1.165, 1.54) is 6.07 Å². The van der Waals surface area contributed by atoms with E-state index in [1.54, 1.807) is 37.3 Å². The second kappa shape index (κ2) is 5.52. The van der Waals surface area contributed by atoms with Crippen molar-refractivity contribution in [2.45, 2.75) is 11.8 Å². The number of nitrogen functional groups attached to an aromatic ring is 1. The Kier molecular flexibility index (Phi) is 4.13. The van der Waals surface area contributed by atoms with Gasteiger partial charge in [0.25, 0.3) is 10.0 Å². The number of halogens is 2. The first-order valence-corrected chi connectivity index (χ1v) is 7.89. The fourth-order valence-corrected chi connectivity index (χ4v) is 3.89. The molecule has 0 aliphatic rings. The second-order valence-corrected chi connectivity index (χ2v) is 6.63. The lowest BCUT2D eigenvalue weighted by atomic mass is 10.2. The molecule has 0 aliphatic heterocycles. The van der Waals surface area contributed by atoms with Crippen LogP contribution in [0.15, 0.2) is 41.3 Å². The second-order valence-electron chi connectivity index (χ2n) is 4.20. The molecule has 0 aliphatic carbocycles. The largest absolute Gasteiger partial charge is 0.398 e. The van der Waals surface area contributed by atoms with Gasteiger partial charge in [0, 0.05) is 0 Å². The molecular weight excluding hydrogens is 319 g/mol. The van der Waals surface area contributed by atoms with Gasteiger partial charge < -0.3 is 5.73 Å². The number of nitrogens with two attached hydrogens (primary N) is 1. The van der Waals surface area contributed by atoms with Crippen molar-refractivity contribution in [2.24, 2.45) is 0 Å². The lowest BCUT2D eigenvalue weighted by Crippen LogP contribution is -2.16. The molecule has 0 radical (unpaired) electrons. The van der Waals surface area contributed by atoms with Gasteiger partial charge in [-0.3, -0.25) is 4.72 Å². The number of hydrogen-bond acceptors (Lipinski definition) is 3. The molecule has 2 aromatic carbocycles. The third-order valence-corrected chi connectivity index (χ3v) is 4.91. The topological polar surface area (TPSA) is 72.2 Å². The maximum absolute atomic E-state index is 12.4. The molecule has 0 saturated carbocycles. The number of anilines is 2. The zero-order valence-corrected chi connectivity index (χ0v) is 12.9. The van der Waals surface area contributed by atoms with Crippen LogP contribution in [0.25, 0.3) is 0 Å². The van der Waals surface area contributed by atoms with E-state index in [9.17, 15) is 8.42 Å². The van der Waals surface area contributed by atoms with Crippen LogP contribution in [-0.2, 0) is 10.0 Å². The molecule has 3 N–H and O–H groups in total. The standard InChI is InChI=1S/C13H12Cl2N2O2S/c1-8-4-2-7-11(16)13(8)20(18,19)17-12-9(14)5-3-6-10(12)15/h2-7,17H,16H2,1H3. The fourth-order valence-electron chi connectivity index (χ4n) is 1.82. The summed E-state index contributed by atoms with van der Waals surface area (Å²) in [5, 5.41) is 0.432. The summed E-state index contributed by atoms with van der Waals surface area (Å²) >= 11 is 11.9. The summed E-state index contributed by atoms with van der Waals surface area (Å²) in [6.45, 7) is 1.67. The summed E-state index contributed by atoms with van der Waals surface area (Å²) in [5.41, 5.74) is 6.60. The molecule has 4 nitrogen and oxygen atoms in total. The smallest absolute Gasteiger partial charge is 0.264 e. The zero-order chi connectivity index (χ0) is 14.9. The van der Waals surface area contributed by atoms with E-state index in [0.717, 1.165) is 0 Å². The van der Waals surface area contributed by atoms with Crippen LogP contribution in [0.3, 0.4) is 0 Å². The summed E-state index contributed by atoms with van der Waals surface area (Å²) in [5.74, 6) is 0. The van der Waals surface area contributed by atoms with E-state index in [0.29, 0.717) is 5.56 Å². The van der Waals surface area contributed by atoms with Gasteiger partial charge in [0.2, 0.25) is 0 Å². The van der Waals surface area contributed by atoms with E-state index >= 15 is 0 Å². The van der Waals surface area contributed by atoms with Gasteiger partial charge in [-0.15, -0.1) is 0 Å². The van der Waals surface area contributed by atoms with Crippen LogP contribution < -0.4 is 10.5 Å². The molecule has 0 heterocycles. The minimum atomic E-state index is -3.86. The Bertz CT molecular complexity index is 720. The first-order valence-electron chi connectivity index (χ1n) is 5.65. The van der Waals surface area contributed by atoms with Gasteiger partial charge in [0.05, 0.1) is 21.4 Å². The molecule has 0 aromatic heterocycles. The van der Waals surface area contributed by atoms with Crippen LogP contribution in [0, 0.1) is 6.92 Å². The van der Waals surface area contributed by atoms with Gasteiger partial charge in [-0.1, -0.05) is 41.4 Å². The molecule has 2 aromatic rings. The molecule has 20 heavy (non-hydrogen) atoms. The van der Waals surface area contributed by atoms with Crippen molar-refractivity contribution in [1.29, 1.82) is 0 Å². The highest BCUT2D eigenvalue weighted by Gasteiger charge is 2.22. The molecule has 0 atom stereocenters. The quantitative estimate of drug-likeness (QED) is 0.843. The summed E-state index contributed by atoms with van der Waals surface area (Å²) in [6.07, 6.45) is 0. The summed E-state index contributed by atoms with van der Waals surface area (Å²) in [4.78, 5) is 0.0241. The molecule has 0 bridgehead atoms. The first-order chi connectivity index (χ1) is 9.33. The average Bonchev–Trinajstić information content (AvgIpc) is 2.33. The van der Waals surface area contributed by atoms with Crippen molar-refractivity contribution in [3.63, 3.8) is 0 Å². The maximum Gasteiger partial charge on any atom is 0.264 e. The van der Waals surface area contributed by atoms with Gasteiger partial charge in [-0.05, 0) is 30.7 Å². The zero-order valence-electron chi connectivity index (χ0n) is 10.5. The lowest BCUT2D eigenvalue weighted by Gasteiger charge is -2.14. The molecule has 7 heteroatoms. The van der Waals surface area contributed by atoms with E-state index in [4.69, 9.17) is 28.9 Å². The average molecular weight is 331 g/mol. The SMILES string of the molecule is Cc1cccc(N)c1S(=O)(=O)Nc1c(Cl)cccc1Cl. The van der Waals surface area contributed by atoms with Crippen LogP contribution >= 0.6 is 23.2 Å². The minimum absolute atomic E-state index is 0.0241. The van der Waals surface area contributed by atoms with Crippen LogP contribution in [-0.4, -0.2) is 8.42 Å². The van der Waals surface area contributed by atoms with Gasteiger partial charge in [-0.25, -0.2) is 8.42 Å². The summed E-state index contributed by atoms with van der Waals surface area (Å²) in [7, 11) is -3.86. The third-order valence-electron chi connectivity index (χ3n) is 2.71. The number of nitrogens with one attached hydrogen (secondary N) is 1. The number of benzene rings is 2. The molecule has 0 spiro atoms. The molecular formula is C13H12Cl2N2O2S. The van der Waals surface area contributed by atoms with E-state index in [1.807, 2.05) is 0 Å². The Morgan fingerprint density at radius 2 is 1.60 bits per heavy atom. The molecule has 2 rings (SSSR count). The maximum atomic E-state index is 12.4. The molecule has 0 amide bonds. The van der Waals surface area contributed by atoms with Crippen LogP contribution in [0.5, 0.6) is 0 Å². The Morgan fingerprint density at radius 1 is 1.05 bits per heavy atom. The predicted molar refractivity (Wildman–Crippen MR) is 82.9 cm³/mol. The number of aryl methyl sites for hydroxylation is 1. The number of sulfonamides is 1. The van der Waals surface area contributed by atoms with Crippen molar-refractivity contribution in [3.05, 3.63) is 52.0 Å².